The molecule has 0 bridgehead atoms. The Hall–Kier alpha value is -2.40. The summed E-state index contributed by atoms with van der Waals surface area (Å²) in [5.74, 6) is -0.850. The highest BCUT2D eigenvalue weighted by atomic mass is 31.1. The molecule has 0 fully saturated rings. The number of nitrogens with one attached hydrogen (secondary N) is 2. The summed E-state index contributed by atoms with van der Waals surface area (Å²) in [5, 5.41) is 6.76. The van der Waals surface area contributed by atoms with Gasteiger partial charge in [-0.25, -0.2) is 15.0 Å². The zero-order valence-corrected chi connectivity index (χ0v) is 23.1. The van der Waals surface area contributed by atoms with Crippen molar-refractivity contribution in [3.05, 3.63) is 12.7 Å². The Morgan fingerprint density at radius 2 is 1.50 bits per heavy atom. The summed E-state index contributed by atoms with van der Waals surface area (Å²) in [4.78, 5) is 36.9. The van der Waals surface area contributed by atoms with Gasteiger partial charge in [0.25, 0.3) is 0 Å². The van der Waals surface area contributed by atoms with Gasteiger partial charge in [-0.2, -0.15) is 0 Å². The highest BCUT2D eigenvalue weighted by Gasteiger charge is 2.21. The zero-order valence-electron chi connectivity index (χ0n) is 22.2. The SMILES string of the molecule is CC(C)OC(=O)[C@@H](C)CNP(CO[C@H](C)Cn1cnc2c(N)ncnc21)NC[C@H](C)C(=O)OC(C)C. The summed E-state index contributed by atoms with van der Waals surface area (Å²) in [5.41, 5.74) is 7.07. The van der Waals surface area contributed by atoms with E-state index < -0.39 is 8.22 Å². The molecule has 0 aromatic carbocycles. The molecule has 0 unspecified atom stereocenters. The minimum Gasteiger partial charge on any atom is -0.463 e. The number of nitrogen functional groups attached to an aromatic ring is 1. The summed E-state index contributed by atoms with van der Waals surface area (Å²) in [6.45, 7) is 14.2. The van der Waals surface area contributed by atoms with Crippen molar-refractivity contribution in [1.29, 1.82) is 0 Å². The summed E-state index contributed by atoms with van der Waals surface area (Å²) in [6.07, 6.45) is 2.93. The number of carbonyl (C=O) groups excluding carboxylic acids is 2. The lowest BCUT2D eigenvalue weighted by Crippen LogP contribution is -2.34. The topological polar surface area (TPSA) is 156 Å². The van der Waals surface area contributed by atoms with Gasteiger partial charge in [0.2, 0.25) is 0 Å². The molecule has 2 heterocycles. The number of hydrogen-bond acceptors (Lipinski definition) is 11. The number of aromatic nitrogens is 4. The third-order valence-electron chi connectivity index (χ3n) is 5.06. The van der Waals surface area contributed by atoms with Gasteiger partial charge in [0.15, 0.2) is 11.5 Å². The first-order valence-electron chi connectivity index (χ1n) is 12.2. The van der Waals surface area contributed by atoms with E-state index >= 15 is 0 Å². The summed E-state index contributed by atoms with van der Waals surface area (Å²) in [7, 11) is -1.06. The molecule has 0 radical (unpaired) electrons. The highest BCUT2D eigenvalue weighted by molar-refractivity contribution is 7.53. The van der Waals surface area contributed by atoms with Crippen LogP contribution in [0.2, 0.25) is 0 Å². The van der Waals surface area contributed by atoms with Gasteiger partial charge in [0.1, 0.15) is 11.8 Å². The van der Waals surface area contributed by atoms with Gasteiger partial charge in [0, 0.05) is 13.1 Å². The number of imidazole rings is 1. The van der Waals surface area contributed by atoms with Gasteiger partial charge in [-0.1, -0.05) is 13.8 Å². The van der Waals surface area contributed by atoms with Crippen LogP contribution in [0.1, 0.15) is 48.5 Å². The first-order valence-corrected chi connectivity index (χ1v) is 13.7. The lowest BCUT2D eigenvalue weighted by molar-refractivity contribution is -0.152. The molecular formula is C23H40N7O5P. The second kappa shape index (κ2) is 14.4. The normalized spacial score (nSPS) is 14.4. The number of rotatable bonds is 15. The molecule has 0 saturated heterocycles. The predicted molar refractivity (Wildman–Crippen MR) is 139 cm³/mol. The molecule has 2 aromatic heterocycles. The fourth-order valence-corrected chi connectivity index (χ4v) is 4.76. The predicted octanol–water partition coefficient (Wildman–Crippen LogP) is 2.44. The number of carbonyl (C=O) groups is 2. The van der Waals surface area contributed by atoms with Gasteiger partial charge in [-0.3, -0.25) is 19.8 Å². The summed E-state index contributed by atoms with van der Waals surface area (Å²) in [6, 6.07) is 0. The minimum absolute atomic E-state index is 0.168. The van der Waals surface area contributed by atoms with Crippen LogP contribution in [0.25, 0.3) is 11.2 Å². The molecule has 3 atom stereocenters. The average Bonchev–Trinajstić information content (AvgIpc) is 3.21. The van der Waals surface area contributed by atoms with Crippen LogP contribution in [0, 0.1) is 11.8 Å². The fraction of sp³-hybridized carbons (Fsp3) is 0.696. The van der Waals surface area contributed by atoms with E-state index in [9.17, 15) is 9.59 Å². The molecule has 0 aliphatic rings. The number of nitrogens with zero attached hydrogens (tertiary/aromatic N) is 4. The Balaban J connectivity index is 1.96. The molecule has 13 heteroatoms. The maximum Gasteiger partial charge on any atom is 0.310 e. The van der Waals surface area contributed by atoms with E-state index in [0.717, 1.165) is 0 Å². The molecule has 2 rings (SSSR count). The first kappa shape index (κ1) is 29.8. The van der Waals surface area contributed by atoms with E-state index in [1.54, 1.807) is 6.33 Å². The molecule has 0 amide bonds. The number of ether oxygens (including phenoxy) is 3. The van der Waals surface area contributed by atoms with Gasteiger partial charge < -0.3 is 24.5 Å². The number of hydrogen-bond donors (Lipinski definition) is 3. The molecule has 12 nitrogen and oxygen atoms in total. The Labute approximate surface area is 213 Å². The molecule has 0 aliphatic carbocycles. The minimum atomic E-state index is -1.06. The van der Waals surface area contributed by atoms with E-state index in [-0.39, 0.29) is 42.1 Å². The van der Waals surface area contributed by atoms with E-state index in [0.29, 0.717) is 43.0 Å². The lowest BCUT2D eigenvalue weighted by Gasteiger charge is -2.25. The first-order chi connectivity index (χ1) is 17.0. The maximum absolute atomic E-state index is 12.2. The quantitative estimate of drug-likeness (QED) is 0.232. The van der Waals surface area contributed by atoms with Gasteiger partial charge in [0.05, 0.1) is 57.6 Å². The van der Waals surface area contributed by atoms with Crippen molar-refractivity contribution < 1.29 is 23.8 Å². The molecule has 2 aromatic rings. The molecular weight excluding hydrogens is 485 g/mol. The van der Waals surface area contributed by atoms with Gasteiger partial charge >= 0.3 is 11.9 Å². The highest BCUT2D eigenvalue weighted by Crippen LogP contribution is 2.27. The van der Waals surface area contributed by atoms with Crippen molar-refractivity contribution in [1.82, 2.24) is 29.7 Å². The average molecular weight is 526 g/mol. The fourth-order valence-electron chi connectivity index (χ4n) is 3.07. The van der Waals surface area contributed by atoms with Crippen molar-refractivity contribution in [2.75, 3.05) is 25.2 Å². The Morgan fingerprint density at radius 3 is 2.03 bits per heavy atom. The Kier molecular flexibility index (Phi) is 11.9. The third kappa shape index (κ3) is 9.57. The number of esters is 2. The van der Waals surface area contributed by atoms with Crippen LogP contribution in [-0.2, 0) is 30.3 Å². The van der Waals surface area contributed by atoms with Crippen LogP contribution in [0.3, 0.4) is 0 Å². The molecule has 4 N–H and O–H groups in total. The smallest absolute Gasteiger partial charge is 0.310 e. The second-order valence-electron chi connectivity index (χ2n) is 9.36. The third-order valence-corrected chi connectivity index (χ3v) is 6.59. The van der Waals surface area contributed by atoms with Crippen LogP contribution in [0.15, 0.2) is 12.7 Å². The standard InChI is InChI=1S/C23H40N7O5P/c1-14(2)34-22(31)16(5)8-28-36(29-9-17(6)23(32)35-15(3)4)13-33-18(7)10-30-12-27-19-20(24)25-11-26-21(19)30/h11-12,14-18,28-29H,8-10,13H2,1-7H3,(H2,24,25,26)/t16-,17-,18+/m0/s1. The van der Waals surface area contributed by atoms with E-state index in [1.165, 1.54) is 6.33 Å². The van der Waals surface area contributed by atoms with Crippen LogP contribution < -0.4 is 15.9 Å². The maximum atomic E-state index is 12.2. The largest absolute Gasteiger partial charge is 0.463 e. The molecule has 0 aliphatic heterocycles. The molecule has 202 valence electrons. The lowest BCUT2D eigenvalue weighted by atomic mass is 10.2. The van der Waals surface area contributed by atoms with Crippen molar-refractivity contribution in [3.63, 3.8) is 0 Å². The second-order valence-corrected chi connectivity index (χ2v) is 11.1. The monoisotopic (exact) mass is 525 g/mol. The number of fused-ring (bicyclic) bond motifs is 1. The molecule has 0 spiro atoms. The van der Waals surface area contributed by atoms with Gasteiger partial charge in [-0.05, 0) is 34.6 Å². The van der Waals surface area contributed by atoms with Crippen LogP contribution >= 0.6 is 8.22 Å². The summed E-state index contributed by atoms with van der Waals surface area (Å²) < 4.78 is 18.6. The van der Waals surface area contributed by atoms with Gasteiger partial charge in [-0.15, -0.1) is 0 Å². The van der Waals surface area contributed by atoms with Crippen LogP contribution in [0.4, 0.5) is 5.82 Å². The van der Waals surface area contributed by atoms with Crippen LogP contribution in [0.5, 0.6) is 0 Å². The van der Waals surface area contributed by atoms with E-state index in [2.05, 4.69) is 25.1 Å². The van der Waals surface area contributed by atoms with Crippen molar-refractivity contribution in [2.24, 2.45) is 11.8 Å². The zero-order chi connectivity index (χ0) is 26.8. The molecule has 36 heavy (non-hydrogen) atoms. The number of anilines is 1. The Bertz CT molecular complexity index is 955. The Morgan fingerprint density at radius 1 is 0.944 bits per heavy atom. The van der Waals surface area contributed by atoms with E-state index in [1.807, 2.05) is 53.0 Å². The van der Waals surface area contributed by atoms with Crippen LogP contribution in [-0.4, -0.2) is 69.2 Å². The van der Waals surface area contributed by atoms with Crippen molar-refractivity contribution in [2.45, 2.75) is 73.3 Å². The summed E-state index contributed by atoms with van der Waals surface area (Å²) >= 11 is 0. The number of nitrogens with two attached hydrogens (primary N) is 1. The molecule has 0 saturated carbocycles. The van der Waals surface area contributed by atoms with Crippen molar-refractivity contribution in [3.8, 4) is 0 Å². The van der Waals surface area contributed by atoms with Crippen molar-refractivity contribution >= 4 is 37.1 Å². The van der Waals surface area contributed by atoms with E-state index in [4.69, 9.17) is 19.9 Å².